The van der Waals surface area contributed by atoms with E-state index in [0.717, 1.165) is 29.5 Å². The zero-order valence-electron chi connectivity index (χ0n) is 18.4. The van der Waals surface area contributed by atoms with Gasteiger partial charge in [0, 0.05) is 26.7 Å². The van der Waals surface area contributed by atoms with Crippen LogP contribution in [0.2, 0.25) is 0 Å². The van der Waals surface area contributed by atoms with E-state index in [1.165, 1.54) is 11.3 Å². The van der Waals surface area contributed by atoms with Gasteiger partial charge in [0.2, 0.25) is 5.91 Å². The summed E-state index contributed by atoms with van der Waals surface area (Å²) in [5, 5.41) is 0. The van der Waals surface area contributed by atoms with E-state index in [1.54, 1.807) is 12.0 Å². The van der Waals surface area contributed by atoms with Crippen molar-refractivity contribution < 1.29 is 27.5 Å². The summed E-state index contributed by atoms with van der Waals surface area (Å²) in [6.45, 7) is 4.42. The zero-order valence-corrected chi connectivity index (χ0v) is 20.0. The number of carbonyl (C=O) groups is 2. The van der Waals surface area contributed by atoms with Gasteiger partial charge in [-0.25, -0.2) is 8.42 Å². The number of sulfone groups is 1. The Hall–Kier alpha value is -2.24. The third kappa shape index (κ3) is 6.39. The third-order valence-corrected chi connectivity index (χ3v) is 7.51. The fourth-order valence-corrected chi connectivity index (χ4v) is 5.80. The molecule has 1 aromatic carbocycles. The lowest BCUT2D eigenvalue weighted by atomic mass is 10.1. The molecular formula is C21H29N3O6S2. The molecule has 9 nitrogen and oxygen atoms in total. The molecule has 0 atom stereocenters. The second kappa shape index (κ2) is 11.1. The van der Waals surface area contributed by atoms with Crippen LogP contribution in [0.1, 0.15) is 26.2 Å². The van der Waals surface area contributed by atoms with E-state index in [1.807, 2.05) is 29.7 Å². The van der Waals surface area contributed by atoms with Gasteiger partial charge in [0.05, 0.1) is 23.4 Å². The van der Waals surface area contributed by atoms with Crippen LogP contribution in [0, 0.1) is 0 Å². The molecule has 3 rings (SSSR count). The molecule has 0 saturated carbocycles. The predicted molar refractivity (Wildman–Crippen MR) is 123 cm³/mol. The molecule has 0 unspecified atom stereocenters. The second-order valence-electron chi connectivity index (χ2n) is 7.57. The molecule has 0 spiro atoms. The van der Waals surface area contributed by atoms with Crippen molar-refractivity contribution in [3.63, 3.8) is 0 Å². The highest BCUT2D eigenvalue weighted by molar-refractivity contribution is 7.92. The topological polar surface area (TPSA) is 107 Å². The largest absolute Gasteiger partial charge is 0.494 e. The molecule has 1 saturated heterocycles. The van der Waals surface area contributed by atoms with Gasteiger partial charge in [0.25, 0.3) is 5.91 Å². The van der Waals surface area contributed by atoms with Crippen molar-refractivity contribution in [3.05, 3.63) is 23.0 Å². The van der Waals surface area contributed by atoms with Gasteiger partial charge >= 0.3 is 0 Å². The van der Waals surface area contributed by atoms with Gasteiger partial charge in [0.15, 0.2) is 14.6 Å². The first-order valence-electron chi connectivity index (χ1n) is 10.6. The van der Waals surface area contributed by atoms with Crippen molar-refractivity contribution in [3.8, 4) is 5.75 Å². The number of fused-ring (bicyclic) bond motifs is 1. The van der Waals surface area contributed by atoms with Gasteiger partial charge in [-0.2, -0.15) is 4.99 Å². The average Bonchev–Trinajstić information content (AvgIpc) is 3.08. The number of aromatic nitrogens is 1. The Balaban J connectivity index is 1.81. The minimum absolute atomic E-state index is 0.383. The zero-order chi connectivity index (χ0) is 23.1. The molecule has 0 bridgehead atoms. The lowest BCUT2D eigenvalue weighted by molar-refractivity contribution is -0.129. The lowest BCUT2D eigenvalue weighted by Crippen LogP contribution is -2.40. The summed E-state index contributed by atoms with van der Waals surface area (Å²) in [7, 11) is -2.33. The van der Waals surface area contributed by atoms with Crippen LogP contribution in [-0.2, 0) is 30.7 Å². The quantitative estimate of drug-likeness (QED) is 0.536. The second-order valence-corrected chi connectivity index (χ2v) is 10.6. The Labute approximate surface area is 191 Å². The molecular weight excluding hydrogens is 454 g/mol. The Bertz CT molecular complexity index is 1130. The van der Waals surface area contributed by atoms with Crippen molar-refractivity contribution in [2.24, 2.45) is 4.99 Å². The molecule has 11 heteroatoms. The molecule has 2 heterocycles. The third-order valence-electron chi connectivity index (χ3n) is 5.10. The van der Waals surface area contributed by atoms with Crippen molar-refractivity contribution in [2.75, 3.05) is 44.9 Å². The summed E-state index contributed by atoms with van der Waals surface area (Å²) in [4.78, 5) is 30.8. The first kappa shape index (κ1) is 24.4. The highest BCUT2D eigenvalue weighted by atomic mass is 32.2. The van der Waals surface area contributed by atoms with E-state index >= 15 is 0 Å². The standard InChI is InChI=1S/C21H29N3O6S2/c1-3-30-16-7-8-17-18(13-16)31-21(24(17)11-12-29-2)22-19(25)14-32(27,28)15-20(26)23-9-5-4-6-10-23/h7-8,13H,3-6,9-12,14-15H2,1-2H3. The van der Waals surface area contributed by atoms with Crippen LogP contribution in [0.25, 0.3) is 10.2 Å². The van der Waals surface area contributed by atoms with Crippen LogP contribution in [0.4, 0.5) is 0 Å². The summed E-state index contributed by atoms with van der Waals surface area (Å²) in [5.41, 5.74) is 0.852. The molecule has 2 aromatic rings. The molecule has 32 heavy (non-hydrogen) atoms. The number of likely N-dealkylation sites (tertiary alicyclic amines) is 1. The normalized spacial score (nSPS) is 15.3. The SMILES string of the molecule is CCOc1ccc2c(c1)sc(=NC(=O)CS(=O)(=O)CC(=O)N1CCCCC1)n2CCOC. The summed E-state index contributed by atoms with van der Waals surface area (Å²) < 4.78 is 38.3. The summed E-state index contributed by atoms with van der Waals surface area (Å²) >= 11 is 1.28. The van der Waals surface area contributed by atoms with E-state index in [9.17, 15) is 18.0 Å². The van der Waals surface area contributed by atoms with Crippen LogP contribution >= 0.6 is 11.3 Å². The number of nitrogens with zero attached hydrogens (tertiary/aromatic N) is 3. The number of hydrogen-bond acceptors (Lipinski definition) is 7. The van der Waals surface area contributed by atoms with Crippen molar-refractivity contribution in [1.82, 2.24) is 9.47 Å². The molecule has 1 fully saturated rings. The first-order chi connectivity index (χ1) is 15.3. The predicted octanol–water partition coefficient (Wildman–Crippen LogP) is 1.60. The maximum Gasteiger partial charge on any atom is 0.263 e. The molecule has 1 aromatic heterocycles. The number of methoxy groups -OCH3 is 1. The molecule has 0 radical (unpaired) electrons. The fourth-order valence-electron chi connectivity index (χ4n) is 3.59. The number of piperidine rings is 1. The van der Waals surface area contributed by atoms with Gasteiger partial charge in [-0.1, -0.05) is 11.3 Å². The van der Waals surface area contributed by atoms with Crippen LogP contribution in [-0.4, -0.2) is 74.6 Å². The Kier molecular flexibility index (Phi) is 8.44. The van der Waals surface area contributed by atoms with Gasteiger partial charge < -0.3 is 18.9 Å². The number of ether oxygens (including phenoxy) is 2. The van der Waals surface area contributed by atoms with E-state index in [4.69, 9.17) is 9.47 Å². The lowest BCUT2D eigenvalue weighted by Gasteiger charge is -2.26. The number of rotatable bonds is 9. The number of benzene rings is 1. The summed E-state index contributed by atoms with van der Waals surface area (Å²) in [6.07, 6.45) is 2.79. The van der Waals surface area contributed by atoms with Crippen molar-refractivity contribution in [1.29, 1.82) is 0 Å². The first-order valence-corrected chi connectivity index (χ1v) is 13.3. The minimum Gasteiger partial charge on any atom is -0.494 e. The minimum atomic E-state index is -3.91. The van der Waals surface area contributed by atoms with E-state index in [2.05, 4.69) is 4.99 Å². The molecule has 1 aliphatic rings. The smallest absolute Gasteiger partial charge is 0.263 e. The number of hydrogen-bond donors (Lipinski definition) is 0. The maximum absolute atomic E-state index is 12.5. The Morgan fingerprint density at radius 2 is 1.91 bits per heavy atom. The fraction of sp³-hybridized carbons (Fsp3) is 0.571. The van der Waals surface area contributed by atoms with Gasteiger partial charge in [-0.15, -0.1) is 0 Å². The number of amides is 2. The average molecular weight is 484 g/mol. The summed E-state index contributed by atoms with van der Waals surface area (Å²) in [5.74, 6) is -1.99. The van der Waals surface area contributed by atoms with Crippen LogP contribution < -0.4 is 9.54 Å². The van der Waals surface area contributed by atoms with Crippen LogP contribution in [0.15, 0.2) is 23.2 Å². The summed E-state index contributed by atoms with van der Waals surface area (Å²) in [6, 6.07) is 5.58. The van der Waals surface area contributed by atoms with Gasteiger partial charge in [0.1, 0.15) is 17.3 Å². The Morgan fingerprint density at radius 3 is 2.59 bits per heavy atom. The number of carbonyl (C=O) groups excluding carboxylic acids is 2. The maximum atomic E-state index is 12.5. The van der Waals surface area contributed by atoms with Crippen molar-refractivity contribution >= 4 is 43.2 Å². The monoisotopic (exact) mass is 483 g/mol. The van der Waals surface area contributed by atoms with Crippen molar-refractivity contribution in [2.45, 2.75) is 32.7 Å². The van der Waals surface area contributed by atoms with Crippen LogP contribution in [0.5, 0.6) is 5.75 Å². The highest BCUT2D eigenvalue weighted by Crippen LogP contribution is 2.23. The molecule has 2 amide bonds. The van der Waals surface area contributed by atoms with Crippen LogP contribution in [0.3, 0.4) is 0 Å². The Morgan fingerprint density at radius 1 is 1.16 bits per heavy atom. The van der Waals surface area contributed by atoms with Gasteiger partial charge in [-0.05, 0) is 44.4 Å². The molecule has 0 N–H and O–H groups in total. The van der Waals surface area contributed by atoms with Gasteiger partial charge in [-0.3, -0.25) is 9.59 Å². The molecule has 1 aliphatic heterocycles. The highest BCUT2D eigenvalue weighted by Gasteiger charge is 2.25. The molecule has 0 aliphatic carbocycles. The van der Waals surface area contributed by atoms with E-state index in [0.29, 0.717) is 43.4 Å². The molecule has 176 valence electrons. The van der Waals surface area contributed by atoms with E-state index in [-0.39, 0.29) is 0 Å². The van der Waals surface area contributed by atoms with E-state index < -0.39 is 33.2 Å². The number of thiazole rings is 1.